The number of pyridine rings is 1. The maximum atomic E-state index is 9.97. The van der Waals surface area contributed by atoms with E-state index in [4.69, 9.17) is 0 Å². The van der Waals surface area contributed by atoms with Gasteiger partial charge in [-0.2, -0.15) is 0 Å². The minimum Gasteiger partial charge on any atom is -0.508 e. The van der Waals surface area contributed by atoms with E-state index in [1.54, 1.807) is 6.07 Å². The highest BCUT2D eigenvalue weighted by molar-refractivity contribution is 6.18. The van der Waals surface area contributed by atoms with Crippen molar-refractivity contribution in [3.8, 4) is 5.75 Å². The number of benzene rings is 2. The lowest BCUT2D eigenvalue weighted by Gasteiger charge is -2.14. The van der Waals surface area contributed by atoms with Gasteiger partial charge in [-0.3, -0.25) is 0 Å². The molecule has 4 rings (SSSR count). The molecule has 0 aliphatic rings. The van der Waals surface area contributed by atoms with Crippen LogP contribution in [0.2, 0.25) is 0 Å². The number of nitrogens with one attached hydrogen (secondary N) is 2. The molecular formula is C22H25N3O. The van der Waals surface area contributed by atoms with Gasteiger partial charge in [0.2, 0.25) is 0 Å². The number of aromatic hydroxyl groups is 1. The van der Waals surface area contributed by atoms with E-state index in [0.29, 0.717) is 5.92 Å². The lowest BCUT2D eigenvalue weighted by Crippen LogP contribution is -2.07. The second-order valence-corrected chi connectivity index (χ2v) is 7.55. The molecule has 0 atom stereocenters. The summed E-state index contributed by atoms with van der Waals surface area (Å²) >= 11 is 0. The molecule has 134 valence electrons. The quantitative estimate of drug-likeness (QED) is 0.447. The fourth-order valence-electron chi connectivity index (χ4n) is 3.88. The van der Waals surface area contributed by atoms with Crippen LogP contribution in [0.4, 0.5) is 5.82 Å². The number of fused-ring (bicyclic) bond motifs is 4. The number of anilines is 1. The van der Waals surface area contributed by atoms with Crippen molar-refractivity contribution in [3.05, 3.63) is 41.6 Å². The average molecular weight is 347 g/mol. The van der Waals surface area contributed by atoms with E-state index in [-0.39, 0.29) is 5.75 Å². The van der Waals surface area contributed by atoms with Crippen molar-refractivity contribution in [1.29, 1.82) is 0 Å². The molecule has 0 spiro atoms. The number of phenols is 1. The monoisotopic (exact) mass is 347 g/mol. The van der Waals surface area contributed by atoms with Crippen LogP contribution in [0, 0.1) is 19.8 Å². The number of aryl methyl sites for hydroxylation is 2. The predicted octanol–water partition coefficient (Wildman–Crippen LogP) is 5.65. The molecule has 0 fully saturated rings. The van der Waals surface area contributed by atoms with Gasteiger partial charge < -0.3 is 15.4 Å². The van der Waals surface area contributed by atoms with Gasteiger partial charge in [-0.05, 0) is 67.0 Å². The molecule has 2 heterocycles. The Balaban J connectivity index is 2.01. The van der Waals surface area contributed by atoms with Gasteiger partial charge in [0.15, 0.2) is 0 Å². The Bertz CT molecular complexity index is 1130. The van der Waals surface area contributed by atoms with Gasteiger partial charge in [0.1, 0.15) is 11.6 Å². The van der Waals surface area contributed by atoms with E-state index in [2.05, 4.69) is 49.0 Å². The molecule has 4 heteroatoms. The molecule has 0 bridgehead atoms. The number of H-pyrrole nitrogens is 1. The Morgan fingerprint density at radius 1 is 1.08 bits per heavy atom. The van der Waals surface area contributed by atoms with Crippen molar-refractivity contribution in [2.45, 2.75) is 34.1 Å². The maximum absolute atomic E-state index is 9.97. The van der Waals surface area contributed by atoms with Crippen LogP contribution in [-0.4, -0.2) is 21.6 Å². The van der Waals surface area contributed by atoms with E-state index in [1.807, 2.05) is 18.3 Å². The Morgan fingerprint density at radius 2 is 1.88 bits per heavy atom. The minimum atomic E-state index is 0.289. The number of phenolic OH excluding ortho intramolecular Hbond substituents is 1. The molecule has 2 aromatic carbocycles. The summed E-state index contributed by atoms with van der Waals surface area (Å²) in [6.07, 6.45) is 2.99. The molecule has 2 aromatic heterocycles. The first-order valence-electron chi connectivity index (χ1n) is 9.23. The second kappa shape index (κ2) is 6.20. The SMILES string of the molecule is Cc1c2ccnc(NCCC(C)C)c2c(C)c2c1[nH]c1ccc(O)cc12. The van der Waals surface area contributed by atoms with Gasteiger partial charge in [-0.15, -0.1) is 0 Å². The van der Waals surface area contributed by atoms with Crippen LogP contribution in [0.3, 0.4) is 0 Å². The summed E-state index contributed by atoms with van der Waals surface area (Å²) in [6.45, 7) is 9.67. The van der Waals surface area contributed by atoms with Gasteiger partial charge in [0, 0.05) is 34.4 Å². The highest BCUT2D eigenvalue weighted by Gasteiger charge is 2.17. The van der Waals surface area contributed by atoms with Crippen molar-refractivity contribution in [3.63, 3.8) is 0 Å². The second-order valence-electron chi connectivity index (χ2n) is 7.55. The first-order valence-corrected chi connectivity index (χ1v) is 9.23. The third kappa shape index (κ3) is 2.57. The summed E-state index contributed by atoms with van der Waals surface area (Å²) in [4.78, 5) is 8.16. The van der Waals surface area contributed by atoms with Crippen LogP contribution >= 0.6 is 0 Å². The molecule has 0 saturated heterocycles. The number of hydrogen-bond acceptors (Lipinski definition) is 3. The molecule has 0 saturated carbocycles. The van der Waals surface area contributed by atoms with Crippen LogP contribution in [-0.2, 0) is 0 Å². The van der Waals surface area contributed by atoms with Crippen molar-refractivity contribution in [2.24, 2.45) is 5.92 Å². The molecule has 26 heavy (non-hydrogen) atoms. The maximum Gasteiger partial charge on any atom is 0.134 e. The summed E-state index contributed by atoms with van der Waals surface area (Å²) in [5.41, 5.74) is 4.58. The van der Waals surface area contributed by atoms with Crippen LogP contribution in [0.5, 0.6) is 5.75 Å². The zero-order chi connectivity index (χ0) is 18.4. The normalized spacial score (nSPS) is 11.9. The smallest absolute Gasteiger partial charge is 0.134 e. The first-order chi connectivity index (χ1) is 12.5. The van der Waals surface area contributed by atoms with E-state index in [9.17, 15) is 5.11 Å². The van der Waals surface area contributed by atoms with E-state index >= 15 is 0 Å². The molecule has 0 aliphatic heterocycles. The average Bonchev–Trinajstić information content (AvgIpc) is 2.98. The van der Waals surface area contributed by atoms with Crippen molar-refractivity contribution >= 4 is 38.4 Å². The predicted molar refractivity (Wildman–Crippen MR) is 110 cm³/mol. The summed E-state index contributed by atoms with van der Waals surface area (Å²) in [7, 11) is 0. The molecule has 0 unspecified atom stereocenters. The van der Waals surface area contributed by atoms with Crippen LogP contribution in [0.15, 0.2) is 30.5 Å². The third-order valence-electron chi connectivity index (χ3n) is 5.28. The number of hydrogen-bond donors (Lipinski definition) is 3. The fraction of sp³-hybridized carbons (Fsp3) is 0.318. The topological polar surface area (TPSA) is 60.9 Å². The Kier molecular flexibility index (Phi) is 3.98. The zero-order valence-electron chi connectivity index (χ0n) is 15.8. The van der Waals surface area contributed by atoms with E-state index in [1.165, 1.54) is 27.3 Å². The molecule has 0 aliphatic carbocycles. The highest BCUT2D eigenvalue weighted by Crippen LogP contribution is 2.39. The summed E-state index contributed by atoms with van der Waals surface area (Å²) in [5.74, 6) is 1.89. The fourth-order valence-corrected chi connectivity index (χ4v) is 3.88. The largest absolute Gasteiger partial charge is 0.508 e. The van der Waals surface area contributed by atoms with Crippen LogP contribution in [0.25, 0.3) is 32.6 Å². The summed E-state index contributed by atoms with van der Waals surface area (Å²) in [6, 6.07) is 7.60. The Labute approximate surface area is 153 Å². The Hall–Kier alpha value is -2.75. The van der Waals surface area contributed by atoms with Gasteiger partial charge >= 0.3 is 0 Å². The zero-order valence-corrected chi connectivity index (χ0v) is 15.8. The number of aromatic amines is 1. The van der Waals surface area contributed by atoms with E-state index in [0.717, 1.165) is 35.2 Å². The van der Waals surface area contributed by atoms with Gasteiger partial charge in [0.25, 0.3) is 0 Å². The van der Waals surface area contributed by atoms with Crippen LogP contribution in [0.1, 0.15) is 31.4 Å². The molecular weight excluding hydrogens is 322 g/mol. The summed E-state index contributed by atoms with van der Waals surface area (Å²) < 4.78 is 0. The lowest BCUT2D eigenvalue weighted by atomic mass is 9.96. The Morgan fingerprint density at radius 3 is 2.65 bits per heavy atom. The molecule has 4 aromatic rings. The van der Waals surface area contributed by atoms with Crippen molar-refractivity contribution < 1.29 is 5.11 Å². The number of rotatable bonds is 4. The van der Waals surface area contributed by atoms with Gasteiger partial charge in [0.05, 0.1) is 5.52 Å². The third-order valence-corrected chi connectivity index (χ3v) is 5.28. The molecule has 3 N–H and O–H groups in total. The molecule has 4 nitrogen and oxygen atoms in total. The van der Waals surface area contributed by atoms with Gasteiger partial charge in [-0.1, -0.05) is 13.8 Å². The number of aromatic nitrogens is 2. The summed E-state index contributed by atoms with van der Waals surface area (Å²) in [5, 5.41) is 18.1. The van der Waals surface area contributed by atoms with Crippen molar-refractivity contribution in [2.75, 3.05) is 11.9 Å². The first kappa shape index (κ1) is 16.7. The minimum absolute atomic E-state index is 0.289. The highest BCUT2D eigenvalue weighted by atomic mass is 16.3. The molecule has 0 radical (unpaired) electrons. The van der Waals surface area contributed by atoms with Gasteiger partial charge in [-0.25, -0.2) is 4.98 Å². The van der Waals surface area contributed by atoms with E-state index < -0.39 is 0 Å². The van der Waals surface area contributed by atoms with Crippen LogP contribution < -0.4 is 5.32 Å². The molecule has 0 amide bonds. The standard InChI is InChI=1S/C22H25N3O/c1-12(2)7-9-23-22-20-14(4)19-17-11-15(26)5-6-18(17)25-21(19)13(3)16(20)8-10-24-22/h5-6,8,10-12,25-26H,7,9H2,1-4H3,(H,23,24). The number of nitrogens with zero attached hydrogens (tertiary/aromatic N) is 1. The van der Waals surface area contributed by atoms with Crippen molar-refractivity contribution in [1.82, 2.24) is 9.97 Å². The lowest BCUT2D eigenvalue weighted by molar-refractivity contribution is 0.476.